The number of hydrogen-bond donors (Lipinski definition) is 2. The van der Waals surface area contributed by atoms with Crippen LogP contribution < -0.4 is 5.73 Å². The van der Waals surface area contributed by atoms with Gasteiger partial charge in [-0.3, -0.25) is 0 Å². The molecule has 3 N–H and O–H groups in total. The van der Waals surface area contributed by atoms with E-state index in [1.165, 1.54) is 16.7 Å². The number of nitrogens with two attached hydrogens (primary N) is 1. The van der Waals surface area contributed by atoms with Crippen molar-refractivity contribution in [1.82, 2.24) is 14.8 Å². The maximum Gasteiger partial charge on any atom is 0.219 e. The molecule has 0 saturated heterocycles. The van der Waals surface area contributed by atoms with Gasteiger partial charge in [0.25, 0.3) is 0 Å². The second-order valence-corrected chi connectivity index (χ2v) is 4.18. The van der Waals surface area contributed by atoms with E-state index in [-0.39, 0.29) is 11.7 Å². The van der Waals surface area contributed by atoms with Gasteiger partial charge in [0.2, 0.25) is 11.7 Å². The summed E-state index contributed by atoms with van der Waals surface area (Å²) in [6, 6.07) is 6.26. The van der Waals surface area contributed by atoms with E-state index in [9.17, 15) is 0 Å². The molecule has 0 unspecified atom stereocenters. The number of amidine groups is 1. The summed E-state index contributed by atoms with van der Waals surface area (Å²) in [5, 5.41) is 15.5. The number of hydrogen-bond acceptors (Lipinski definition) is 4. The van der Waals surface area contributed by atoms with Gasteiger partial charge in [0.05, 0.1) is 6.54 Å². The summed E-state index contributed by atoms with van der Waals surface area (Å²) >= 11 is 0. The molecule has 2 aromatic rings. The Morgan fingerprint density at radius 1 is 1.44 bits per heavy atom. The van der Waals surface area contributed by atoms with Crippen LogP contribution in [0.3, 0.4) is 0 Å². The van der Waals surface area contributed by atoms with Crippen LogP contribution in [0.2, 0.25) is 0 Å². The number of aryl methyl sites for hydroxylation is 2. The van der Waals surface area contributed by atoms with E-state index in [4.69, 9.17) is 10.9 Å². The average molecular weight is 245 g/mol. The minimum absolute atomic E-state index is 0.0882. The second-order valence-electron chi connectivity index (χ2n) is 4.18. The molecule has 0 aliphatic heterocycles. The van der Waals surface area contributed by atoms with Crippen LogP contribution in [0.15, 0.2) is 29.7 Å². The maximum atomic E-state index is 8.54. The highest BCUT2D eigenvalue weighted by atomic mass is 16.4. The highest BCUT2D eigenvalue weighted by Crippen LogP contribution is 2.11. The molecule has 2 rings (SSSR count). The van der Waals surface area contributed by atoms with Crippen LogP contribution >= 0.6 is 0 Å². The molecule has 0 aliphatic rings. The summed E-state index contributed by atoms with van der Waals surface area (Å²) in [5.41, 5.74) is 8.99. The Hall–Kier alpha value is -2.37. The molecule has 1 aromatic carbocycles. The van der Waals surface area contributed by atoms with Gasteiger partial charge in [0.15, 0.2) is 0 Å². The Balaban J connectivity index is 2.24. The van der Waals surface area contributed by atoms with Gasteiger partial charge in [-0.15, -0.1) is 5.10 Å². The summed E-state index contributed by atoms with van der Waals surface area (Å²) in [6.07, 6.45) is 1.56. The van der Waals surface area contributed by atoms with Gasteiger partial charge in [-0.25, -0.2) is 9.67 Å². The van der Waals surface area contributed by atoms with Gasteiger partial charge < -0.3 is 10.9 Å². The van der Waals surface area contributed by atoms with Crippen LogP contribution in [0.4, 0.5) is 0 Å². The summed E-state index contributed by atoms with van der Waals surface area (Å²) in [4.78, 5) is 3.97. The topological polar surface area (TPSA) is 89.3 Å². The lowest BCUT2D eigenvalue weighted by Gasteiger charge is -2.06. The van der Waals surface area contributed by atoms with Crippen LogP contribution in [0.25, 0.3) is 0 Å². The van der Waals surface area contributed by atoms with E-state index in [0.717, 1.165) is 0 Å². The van der Waals surface area contributed by atoms with E-state index in [2.05, 4.69) is 40.4 Å². The standard InChI is InChI=1S/C12H15N5O/c1-8-3-4-9(2)10(5-8)6-17-7-14-12(15-17)11(13)16-18/h3-5,7,18H,6H2,1-2H3,(H2,13,16). The predicted octanol–water partition coefficient (Wildman–Crippen LogP) is 1.04. The molecular formula is C12H15N5O. The number of oxime groups is 1. The van der Waals surface area contributed by atoms with Crippen molar-refractivity contribution in [3.8, 4) is 0 Å². The van der Waals surface area contributed by atoms with Gasteiger partial charge in [-0.05, 0) is 25.0 Å². The van der Waals surface area contributed by atoms with E-state index >= 15 is 0 Å². The lowest BCUT2D eigenvalue weighted by molar-refractivity contribution is 0.318. The zero-order chi connectivity index (χ0) is 13.1. The molecule has 94 valence electrons. The SMILES string of the molecule is Cc1ccc(C)c(Cn2cnc(/C(N)=N/O)n2)c1. The number of rotatable bonds is 3. The van der Waals surface area contributed by atoms with Crippen molar-refractivity contribution >= 4 is 5.84 Å². The van der Waals surface area contributed by atoms with Crippen molar-refractivity contribution in [2.75, 3.05) is 0 Å². The summed E-state index contributed by atoms with van der Waals surface area (Å²) in [6.45, 7) is 4.71. The Morgan fingerprint density at radius 2 is 2.22 bits per heavy atom. The zero-order valence-electron chi connectivity index (χ0n) is 10.3. The van der Waals surface area contributed by atoms with Crippen LogP contribution in [0.1, 0.15) is 22.5 Å². The summed E-state index contributed by atoms with van der Waals surface area (Å²) in [5.74, 6) is 0.137. The van der Waals surface area contributed by atoms with Crippen molar-refractivity contribution < 1.29 is 5.21 Å². The van der Waals surface area contributed by atoms with Gasteiger partial charge >= 0.3 is 0 Å². The monoisotopic (exact) mass is 245 g/mol. The molecule has 1 heterocycles. The molecule has 0 fully saturated rings. The molecule has 0 atom stereocenters. The quantitative estimate of drug-likeness (QED) is 0.366. The number of nitrogens with zero attached hydrogens (tertiary/aromatic N) is 4. The van der Waals surface area contributed by atoms with E-state index < -0.39 is 0 Å². The maximum absolute atomic E-state index is 8.54. The second kappa shape index (κ2) is 4.87. The first-order valence-corrected chi connectivity index (χ1v) is 5.53. The third kappa shape index (κ3) is 2.48. The third-order valence-corrected chi connectivity index (χ3v) is 2.71. The first-order chi connectivity index (χ1) is 8.60. The molecule has 0 radical (unpaired) electrons. The van der Waals surface area contributed by atoms with Crippen LogP contribution in [0, 0.1) is 13.8 Å². The molecule has 18 heavy (non-hydrogen) atoms. The van der Waals surface area contributed by atoms with Gasteiger partial charge in [-0.1, -0.05) is 28.9 Å². The molecule has 0 aliphatic carbocycles. The lowest BCUT2D eigenvalue weighted by atomic mass is 10.1. The van der Waals surface area contributed by atoms with Gasteiger partial charge in [-0.2, -0.15) is 0 Å². The zero-order valence-corrected chi connectivity index (χ0v) is 10.3. The van der Waals surface area contributed by atoms with Crippen molar-refractivity contribution in [2.45, 2.75) is 20.4 Å². The van der Waals surface area contributed by atoms with Gasteiger partial charge in [0, 0.05) is 0 Å². The smallest absolute Gasteiger partial charge is 0.219 e. The highest BCUT2D eigenvalue weighted by Gasteiger charge is 2.07. The minimum atomic E-state index is -0.0882. The largest absolute Gasteiger partial charge is 0.409 e. The molecule has 0 amide bonds. The van der Waals surface area contributed by atoms with Crippen LogP contribution in [-0.2, 0) is 6.54 Å². The lowest BCUT2D eigenvalue weighted by Crippen LogP contribution is -2.15. The predicted molar refractivity (Wildman–Crippen MR) is 67.6 cm³/mol. The molecular weight excluding hydrogens is 230 g/mol. The molecule has 6 nitrogen and oxygen atoms in total. The molecule has 0 saturated carbocycles. The first kappa shape index (κ1) is 12.1. The fourth-order valence-corrected chi connectivity index (χ4v) is 1.68. The highest BCUT2D eigenvalue weighted by molar-refractivity contribution is 5.93. The van der Waals surface area contributed by atoms with Crippen molar-refractivity contribution in [3.05, 3.63) is 47.0 Å². The van der Waals surface area contributed by atoms with Gasteiger partial charge in [0.1, 0.15) is 6.33 Å². The summed E-state index contributed by atoms with van der Waals surface area (Å²) in [7, 11) is 0. The normalized spacial score (nSPS) is 11.8. The molecule has 1 aromatic heterocycles. The van der Waals surface area contributed by atoms with Crippen molar-refractivity contribution in [1.29, 1.82) is 0 Å². The minimum Gasteiger partial charge on any atom is -0.409 e. The van der Waals surface area contributed by atoms with E-state index in [1.807, 2.05) is 6.92 Å². The van der Waals surface area contributed by atoms with Crippen LogP contribution in [-0.4, -0.2) is 25.8 Å². The fraction of sp³-hybridized carbons (Fsp3) is 0.250. The number of benzene rings is 1. The Morgan fingerprint density at radius 3 is 2.94 bits per heavy atom. The average Bonchev–Trinajstić information content (AvgIpc) is 2.81. The Labute approximate surface area is 105 Å². The summed E-state index contributed by atoms with van der Waals surface area (Å²) < 4.78 is 1.66. The first-order valence-electron chi connectivity index (χ1n) is 5.53. The molecule has 6 heteroatoms. The van der Waals surface area contributed by atoms with Crippen molar-refractivity contribution in [3.63, 3.8) is 0 Å². The van der Waals surface area contributed by atoms with E-state index in [1.54, 1.807) is 11.0 Å². The molecule has 0 spiro atoms. The third-order valence-electron chi connectivity index (χ3n) is 2.71. The Kier molecular flexibility index (Phi) is 3.27. The molecule has 0 bridgehead atoms. The number of aromatic nitrogens is 3. The van der Waals surface area contributed by atoms with Crippen LogP contribution in [0.5, 0.6) is 0 Å². The van der Waals surface area contributed by atoms with Crippen molar-refractivity contribution in [2.24, 2.45) is 10.9 Å². The Bertz CT molecular complexity index is 588. The van der Waals surface area contributed by atoms with E-state index in [0.29, 0.717) is 6.54 Å². The fourth-order valence-electron chi connectivity index (χ4n) is 1.68.